The van der Waals surface area contributed by atoms with Crippen molar-refractivity contribution in [3.8, 4) is 17.4 Å². The van der Waals surface area contributed by atoms with Gasteiger partial charge in [-0.3, -0.25) is 9.89 Å². The van der Waals surface area contributed by atoms with Gasteiger partial charge < -0.3 is 14.4 Å². The Labute approximate surface area is 166 Å². The van der Waals surface area contributed by atoms with Gasteiger partial charge in [-0.2, -0.15) is 0 Å². The van der Waals surface area contributed by atoms with Crippen molar-refractivity contribution in [3.05, 3.63) is 64.8 Å². The number of aromatic nitrogens is 2. The van der Waals surface area contributed by atoms with Crippen LogP contribution in [0.3, 0.4) is 0 Å². The second kappa shape index (κ2) is 6.61. The molecule has 3 atom stereocenters. The molecule has 1 fully saturated rings. The highest BCUT2D eigenvalue weighted by Gasteiger charge is 2.55. The number of aliphatic imine (C=N–C) groups is 1. The van der Waals surface area contributed by atoms with Crippen LogP contribution in [0, 0.1) is 0 Å². The van der Waals surface area contributed by atoms with Crippen LogP contribution in [-0.4, -0.2) is 42.1 Å². The van der Waals surface area contributed by atoms with Gasteiger partial charge in [0.25, 0.3) is 5.69 Å². The Morgan fingerprint density at radius 3 is 2.61 bits per heavy atom. The summed E-state index contributed by atoms with van der Waals surface area (Å²) in [7, 11) is 1.61. The van der Waals surface area contributed by atoms with E-state index in [2.05, 4.69) is 15.2 Å². The maximum Gasteiger partial charge on any atom is 0.286 e. The van der Waals surface area contributed by atoms with Crippen molar-refractivity contribution in [3.63, 3.8) is 0 Å². The fourth-order valence-electron chi connectivity index (χ4n) is 3.85. The number of fused-ring (bicyclic) bond motifs is 1. The van der Waals surface area contributed by atoms with Crippen molar-refractivity contribution in [1.82, 2.24) is 10.2 Å². The Kier molecular flexibility index (Phi) is 4.07. The van der Waals surface area contributed by atoms with Crippen LogP contribution in [0.5, 0.6) is 11.7 Å². The molecule has 1 saturated heterocycles. The third kappa shape index (κ3) is 2.75. The molecule has 2 aliphatic heterocycles. The zero-order valence-corrected chi connectivity index (χ0v) is 15.8. The molecule has 0 amide bonds. The molecule has 0 aliphatic carbocycles. The van der Waals surface area contributed by atoms with Crippen LogP contribution < -0.4 is 14.5 Å². The minimum atomic E-state index is -0.488. The minimum absolute atomic E-state index is 0.0338. The van der Waals surface area contributed by atoms with Gasteiger partial charge in [-0.1, -0.05) is 23.7 Å². The minimum Gasteiger partial charge on any atom is -0.539 e. The monoisotopic (exact) mass is 396 g/mol. The molecule has 1 aromatic heterocycles. The van der Waals surface area contributed by atoms with E-state index in [0.717, 1.165) is 17.9 Å². The van der Waals surface area contributed by atoms with Gasteiger partial charge >= 0.3 is 0 Å². The van der Waals surface area contributed by atoms with Crippen molar-refractivity contribution in [2.24, 2.45) is 4.99 Å². The fraction of sp³-hybridized carbons (Fsp3) is 0.250. The summed E-state index contributed by atoms with van der Waals surface area (Å²) in [6, 6.07) is 15.3. The summed E-state index contributed by atoms with van der Waals surface area (Å²) in [6.45, 7) is 1.48. The summed E-state index contributed by atoms with van der Waals surface area (Å²) in [5, 5.41) is 17.1. The summed E-state index contributed by atoms with van der Waals surface area (Å²) < 4.78 is 11.7. The van der Waals surface area contributed by atoms with E-state index in [9.17, 15) is 5.11 Å². The largest absolute Gasteiger partial charge is 0.539 e. The first-order valence-corrected chi connectivity index (χ1v) is 9.34. The molecule has 28 heavy (non-hydrogen) atoms. The quantitative estimate of drug-likeness (QED) is 0.497. The molecule has 0 radical (unpaired) electrons. The number of nitrogens with zero attached hydrogens (tertiary/aromatic N) is 4. The van der Waals surface area contributed by atoms with Gasteiger partial charge in [0, 0.05) is 23.7 Å². The Bertz CT molecular complexity index is 1050. The van der Waals surface area contributed by atoms with Gasteiger partial charge in [0.1, 0.15) is 11.5 Å². The van der Waals surface area contributed by atoms with Gasteiger partial charge in [-0.15, -0.1) is 0 Å². The van der Waals surface area contributed by atoms with Crippen LogP contribution in [0.4, 0.5) is 0 Å². The highest BCUT2D eigenvalue weighted by molar-refractivity contribution is 6.30. The van der Waals surface area contributed by atoms with Crippen LogP contribution in [-0.2, 0) is 0 Å². The topological polar surface area (TPSA) is 77.6 Å². The van der Waals surface area contributed by atoms with Crippen molar-refractivity contribution in [2.45, 2.75) is 12.1 Å². The normalized spacial score (nSPS) is 23.1. The molecule has 8 heteroatoms. The number of ether oxygens (including phenoxy) is 1. The van der Waals surface area contributed by atoms with Gasteiger partial charge in [0.05, 0.1) is 31.0 Å². The van der Waals surface area contributed by atoms with E-state index in [4.69, 9.17) is 20.9 Å². The molecule has 142 valence electrons. The van der Waals surface area contributed by atoms with E-state index >= 15 is 0 Å². The molecular weight excluding hydrogens is 380 g/mol. The highest BCUT2D eigenvalue weighted by Crippen LogP contribution is 2.46. The molecule has 0 bridgehead atoms. The average molecular weight is 397 g/mol. The summed E-state index contributed by atoms with van der Waals surface area (Å²) in [5.74, 6) is 0.237. The molecule has 3 aromatic rings. The summed E-state index contributed by atoms with van der Waals surface area (Å²) in [5.41, 5.74) is 2.96. The summed E-state index contributed by atoms with van der Waals surface area (Å²) in [6.07, 6.45) is 0. The second-order valence-electron chi connectivity index (χ2n) is 6.76. The highest BCUT2D eigenvalue weighted by atomic mass is 35.5. The standard InChI is InChI=1S/C20H17ClN4O3/c1-27-15-8-6-14(7-9-15)25-19(20(26)28-23-25)16-18-17(24(18)11-10-22-16)12-2-4-13(21)5-3-12/h2-9,17-18H,10-11H2,1H3. The molecule has 0 N–H and O–H groups in total. The van der Waals surface area contributed by atoms with Gasteiger partial charge in [-0.25, -0.2) is 0 Å². The lowest BCUT2D eigenvalue weighted by molar-refractivity contribution is -0.671. The van der Waals surface area contributed by atoms with E-state index in [-0.39, 0.29) is 12.1 Å². The lowest BCUT2D eigenvalue weighted by Crippen LogP contribution is -2.41. The van der Waals surface area contributed by atoms with E-state index < -0.39 is 5.95 Å². The predicted molar refractivity (Wildman–Crippen MR) is 100 cm³/mol. The van der Waals surface area contributed by atoms with Gasteiger partial charge in [0.2, 0.25) is 5.69 Å². The molecule has 2 aliphatic rings. The lowest BCUT2D eigenvalue weighted by Gasteiger charge is -2.09. The number of rotatable bonds is 4. The van der Waals surface area contributed by atoms with Crippen molar-refractivity contribution >= 4 is 17.3 Å². The Morgan fingerprint density at radius 2 is 1.89 bits per heavy atom. The van der Waals surface area contributed by atoms with Crippen molar-refractivity contribution in [2.75, 3.05) is 20.2 Å². The Balaban J connectivity index is 1.52. The van der Waals surface area contributed by atoms with E-state index in [1.807, 2.05) is 48.5 Å². The Morgan fingerprint density at radius 1 is 1.14 bits per heavy atom. The molecule has 3 heterocycles. The maximum absolute atomic E-state index is 12.5. The molecule has 3 unspecified atom stereocenters. The van der Waals surface area contributed by atoms with Crippen LogP contribution in [0.25, 0.3) is 5.69 Å². The van der Waals surface area contributed by atoms with Crippen molar-refractivity contribution < 1.29 is 19.0 Å². The number of halogens is 1. The number of benzene rings is 2. The summed E-state index contributed by atoms with van der Waals surface area (Å²) in [4.78, 5) is 6.99. The predicted octanol–water partition coefficient (Wildman–Crippen LogP) is 1.92. The second-order valence-corrected chi connectivity index (χ2v) is 7.20. The number of methoxy groups -OCH3 is 1. The van der Waals surface area contributed by atoms with Gasteiger partial charge in [0.15, 0.2) is 5.95 Å². The molecule has 0 spiro atoms. The zero-order chi connectivity index (χ0) is 19.3. The molecule has 7 nitrogen and oxygen atoms in total. The van der Waals surface area contributed by atoms with Crippen LogP contribution in [0.15, 0.2) is 58.0 Å². The van der Waals surface area contributed by atoms with Gasteiger partial charge in [-0.05, 0) is 34.5 Å². The molecular formula is C20H17ClN4O3. The number of hydrogen-bond donors (Lipinski definition) is 0. The smallest absolute Gasteiger partial charge is 0.286 e. The van der Waals surface area contributed by atoms with E-state index in [0.29, 0.717) is 28.7 Å². The third-order valence-electron chi connectivity index (χ3n) is 5.23. The summed E-state index contributed by atoms with van der Waals surface area (Å²) >= 11 is 6.02. The van der Waals surface area contributed by atoms with E-state index in [1.165, 1.54) is 4.68 Å². The molecule has 2 aromatic carbocycles. The van der Waals surface area contributed by atoms with E-state index in [1.54, 1.807) is 7.11 Å². The maximum atomic E-state index is 12.5. The first kappa shape index (κ1) is 17.2. The Hall–Kier alpha value is -2.90. The fourth-order valence-corrected chi connectivity index (χ4v) is 3.98. The van der Waals surface area contributed by atoms with Crippen LogP contribution in [0.2, 0.25) is 5.02 Å². The third-order valence-corrected chi connectivity index (χ3v) is 5.48. The number of hydrogen-bond acceptors (Lipinski definition) is 6. The first-order chi connectivity index (χ1) is 13.7. The van der Waals surface area contributed by atoms with Crippen LogP contribution in [0.1, 0.15) is 17.3 Å². The molecule has 5 rings (SSSR count). The molecule has 0 saturated carbocycles. The SMILES string of the molecule is COc1ccc(-[n+]2noc([O-])c2C2=NCCN3C2C3c2ccc(Cl)cc2)cc1. The van der Waals surface area contributed by atoms with Crippen molar-refractivity contribution in [1.29, 1.82) is 0 Å². The van der Waals surface area contributed by atoms with Crippen LogP contribution >= 0.6 is 11.6 Å². The zero-order valence-electron chi connectivity index (χ0n) is 15.1. The first-order valence-electron chi connectivity index (χ1n) is 8.97. The average Bonchev–Trinajstić information content (AvgIpc) is 3.35. The lowest BCUT2D eigenvalue weighted by atomic mass is 10.1.